The van der Waals surface area contributed by atoms with E-state index in [0.717, 1.165) is 32.6 Å². The number of nitrogens with zero attached hydrogens (tertiary/aromatic N) is 4. The lowest BCUT2D eigenvalue weighted by Crippen LogP contribution is -2.76. The standard InChI is InChI=1S/C28H52F2N4O/c1-22(2,3)31-13-21(35-27(17-31)18-33(19-27)24(7,8)9)12-25(10,11)34-16-26(28(29,30)20-34)14-32(15-26)23(4,5)6/h21H,12-20H2,1-11H3. The van der Waals surface area contributed by atoms with Gasteiger partial charge in [0.15, 0.2) is 0 Å². The minimum atomic E-state index is -2.65. The fourth-order valence-corrected chi connectivity index (χ4v) is 6.55. The minimum Gasteiger partial charge on any atom is -0.366 e. The summed E-state index contributed by atoms with van der Waals surface area (Å²) in [6.07, 6.45) is 0.809. The van der Waals surface area contributed by atoms with Crippen molar-refractivity contribution in [3.8, 4) is 0 Å². The van der Waals surface area contributed by atoms with E-state index >= 15 is 8.78 Å². The first-order chi connectivity index (χ1) is 15.6. The van der Waals surface area contributed by atoms with Crippen LogP contribution in [0.4, 0.5) is 8.78 Å². The van der Waals surface area contributed by atoms with Crippen molar-refractivity contribution in [1.82, 2.24) is 19.6 Å². The second-order valence-electron chi connectivity index (χ2n) is 15.9. The van der Waals surface area contributed by atoms with Crippen molar-refractivity contribution in [3.63, 3.8) is 0 Å². The Morgan fingerprint density at radius 3 is 1.54 bits per heavy atom. The zero-order valence-electron chi connectivity index (χ0n) is 24.4. The molecule has 0 aliphatic carbocycles. The highest BCUT2D eigenvalue weighted by Crippen LogP contribution is 2.53. The highest BCUT2D eigenvalue weighted by Gasteiger charge is 2.68. The molecule has 1 atom stereocenters. The number of ether oxygens (including phenoxy) is 1. The molecule has 5 nitrogen and oxygen atoms in total. The van der Waals surface area contributed by atoms with Gasteiger partial charge in [-0.25, -0.2) is 8.78 Å². The molecule has 1 unspecified atom stereocenters. The van der Waals surface area contributed by atoms with Gasteiger partial charge in [-0.3, -0.25) is 19.6 Å². The molecule has 0 saturated carbocycles. The first-order valence-electron chi connectivity index (χ1n) is 13.6. The molecule has 35 heavy (non-hydrogen) atoms. The highest BCUT2D eigenvalue weighted by atomic mass is 19.3. The van der Waals surface area contributed by atoms with Gasteiger partial charge in [0.2, 0.25) is 0 Å². The van der Waals surface area contributed by atoms with E-state index in [9.17, 15) is 0 Å². The van der Waals surface area contributed by atoms with Crippen LogP contribution in [0.2, 0.25) is 0 Å². The van der Waals surface area contributed by atoms with Gasteiger partial charge in [0.25, 0.3) is 5.92 Å². The van der Waals surface area contributed by atoms with Crippen LogP contribution in [0.1, 0.15) is 82.6 Å². The SMILES string of the molecule is CC(C)(C)N1CC(CC(C)(C)N2CC(F)(F)C3(CN(C(C)(C)C)C3)C2)OC2(C1)CN(C(C)(C)C)C2. The van der Waals surface area contributed by atoms with E-state index in [2.05, 4.69) is 95.8 Å². The van der Waals surface area contributed by atoms with Gasteiger partial charge in [-0.2, -0.15) is 0 Å². The Morgan fingerprint density at radius 1 is 0.629 bits per heavy atom. The molecule has 4 heterocycles. The van der Waals surface area contributed by atoms with E-state index in [0.29, 0.717) is 19.6 Å². The first-order valence-corrected chi connectivity index (χ1v) is 13.6. The van der Waals surface area contributed by atoms with Gasteiger partial charge in [-0.05, 0) is 82.6 Å². The monoisotopic (exact) mass is 498 g/mol. The van der Waals surface area contributed by atoms with Crippen molar-refractivity contribution in [2.24, 2.45) is 5.41 Å². The molecule has 7 heteroatoms. The van der Waals surface area contributed by atoms with Crippen LogP contribution in [0.15, 0.2) is 0 Å². The Bertz CT molecular complexity index is 795. The van der Waals surface area contributed by atoms with Gasteiger partial charge in [-0.1, -0.05) is 0 Å². The molecular formula is C28H52F2N4O. The number of hydrogen-bond acceptors (Lipinski definition) is 5. The number of likely N-dealkylation sites (tertiary alicyclic amines) is 3. The quantitative estimate of drug-likeness (QED) is 0.567. The van der Waals surface area contributed by atoms with Crippen LogP contribution in [0, 0.1) is 5.41 Å². The molecule has 204 valence electrons. The number of rotatable bonds is 3. The maximum Gasteiger partial charge on any atom is 0.269 e. The Balaban J connectivity index is 1.46. The Hall–Kier alpha value is -0.340. The highest BCUT2D eigenvalue weighted by molar-refractivity contribution is 5.15. The van der Waals surface area contributed by atoms with Crippen LogP contribution >= 0.6 is 0 Å². The van der Waals surface area contributed by atoms with E-state index in [1.807, 2.05) is 0 Å². The number of morpholine rings is 1. The average Bonchev–Trinajstić information content (AvgIpc) is 2.87. The van der Waals surface area contributed by atoms with E-state index in [-0.39, 0.29) is 40.4 Å². The normalized spacial score (nSPS) is 30.6. The molecule has 0 radical (unpaired) electrons. The molecule has 4 fully saturated rings. The van der Waals surface area contributed by atoms with Crippen LogP contribution in [0.25, 0.3) is 0 Å². The van der Waals surface area contributed by atoms with Gasteiger partial charge in [0, 0.05) is 68.0 Å². The molecule has 0 amide bonds. The molecule has 0 aromatic heterocycles. The van der Waals surface area contributed by atoms with Crippen molar-refractivity contribution in [3.05, 3.63) is 0 Å². The molecule has 0 aromatic rings. The zero-order valence-corrected chi connectivity index (χ0v) is 24.4. The second kappa shape index (κ2) is 8.08. The summed E-state index contributed by atoms with van der Waals surface area (Å²) in [6, 6.07) is 0. The van der Waals surface area contributed by atoms with Crippen molar-refractivity contribution in [2.75, 3.05) is 52.4 Å². The van der Waals surface area contributed by atoms with Crippen LogP contribution < -0.4 is 0 Å². The predicted molar refractivity (Wildman–Crippen MR) is 139 cm³/mol. The summed E-state index contributed by atoms with van der Waals surface area (Å²) in [5.74, 6) is -2.65. The number of hydrogen-bond donors (Lipinski definition) is 0. The molecule has 4 saturated heterocycles. The first kappa shape index (κ1) is 27.7. The summed E-state index contributed by atoms with van der Waals surface area (Å²) in [6.45, 7) is 29.2. The van der Waals surface area contributed by atoms with Crippen molar-refractivity contribution >= 4 is 0 Å². The Morgan fingerprint density at radius 2 is 1.06 bits per heavy atom. The van der Waals surface area contributed by atoms with Gasteiger partial charge >= 0.3 is 0 Å². The van der Waals surface area contributed by atoms with Gasteiger partial charge in [0.05, 0.1) is 18.1 Å². The van der Waals surface area contributed by atoms with E-state index in [1.54, 1.807) is 0 Å². The summed E-state index contributed by atoms with van der Waals surface area (Å²) in [5, 5.41) is 0. The lowest BCUT2D eigenvalue weighted by atomic mass is 9.74. The molecule has 4 aliphatic rings. The fourth-order valence-electron chi connectivity index (χ4n) is 6.55. The maximum atomic E-state index is 15.4. The number of alkyl halides is 2. The van der Waals surface area contributed by atoms with Crippen molar-refractivity contribution in [2.45, 2.75) is 122 Å². The molecule has 0 aromatic carbocycles. The summed E-state index contributed by atoms with van der Waals surface area (Å²) >= 11 is 0. The van der Waals surface area contributed by atoms with Crippen LogP contribution in [0.5, 0.6) is 0 Å². The van der Waals surface area contributed by atoms with E-state index in [1.165, 1.54) is 0 Å². The Kier molecular flexibility index (Phi) is 6.39. The van der Waals surface area contributed by atoms with Gasteiger partial charge < -0.3 is 4.74 Å². The molecule has 4 aliphatic heterocycles. The van der Waals surface area contributed by atoms with Crippen molar-refractivity contribution in [1.29, 1.82) is 0 Å². The molecule has 0 bridgehead atoms. The topological polar surface area (TPSA) is 22.2 Å². The fraction of sp³-hybridized carbons (Fsp3) is 1.00. The van der Waals surface area contributed by atoms with Gasteiger partial charge in [-0.15, -0.1) is 0 Å². The summed E-state index contributed by atoms with van der Waals surface area (Å²) < 4.78 is 37.7. The predicted octanol–water partition coefficient (Wildman–Crippen LogP) is 4.56. The van der Waals surface area contributed by atoms with Crippen LogP contribution in [-0.2, 0) is 4.74 Å². The summed E-state index contributed by atoms with van der Waals surface area (Å²) in [5.41, 5.74) is -1.30. The largest absolute Gasteiger partial charge is 0.366 e. The Labute approximate surface area is 213 Å². The summed E-state index contributed by atoms with van der Waals surface area (Å²) in [4.78, 5) is 9.32. The van der Waals surface area contributed by atoms with Gasteiger partial charge in [0.1, 0.15) is 5.60 Å². The smallest absolute Gasteiger partial charge is 0.269 e. The third kappa shape index (κ3) is 5.06. The van der Waals surface area contributed by atoms with Crippen LogP contribution in [0.3, 0.4) is 0 Å². The average molecular weight is 499 g/mol. The summed E-state index contributed by atoms with van der Waals surface area (Å²) in [7, 11) is 0. The third-order valence-corrected chi connectivity index (χ3v) is 9.35. The lowest BCUT2D eigenvalue weighted by molar-refractivity contribution is -0.244. The lowest BCUT2D eigenvalue weighted by Gasteiger charge is -2.61. The zero-order chi connectivity index (χ0) is 26.5. The minimum absolute atomic E-state index is 0.0396. The molecule has 0 N–H and O–H groups in total. The van der Waals surface area contributed by atoms with Crippen LogP contribution in [-0.4, -0.2) is 112 Å². The molecular weight excluding hydrogens is 446 g/mol. The second-order valence-corrected chi connectivity index (χ2v) is 15.9. The third-order valence-electron chi connectivity index (χ3n) is 9.35. The molecule has 4 rings (SSSR count). The number of halogens is 2. The van der Waals surface area contributed by atoms with Crippen molar-refractivity contribution < 1.29 is 13.5 Å². The molecule has 2 spiro atoms. The maximum absolute atomic E-state index is 15.4. The van der Waals surface area contributed by atoms with E-state index in [4.69, 9.17) is 4.74 Å². The van der Waals surface area contributed by atoms with E-state index < -0.39 is 11.3 Å².